The summed E-state index contributed by atoms with van der Waals surface area (Å²) in [6.45, 7) is 1.76. The molecule has 0 fully saturated rings. The Labute approximate surface area is 166 Å². The summed E-state index contributed by atoms with van der Waals surface area (Å²) in [4.78, 5) is 14.6. The molecule has 0 aromatic heterocycles. The van der Waals surface area contributed by atoms with Crippen LogP contribution in [0.15, 0.2) is 84.9 Å². The largest absolute Gasteiger partial charge is 0.397 e. The van der Waals surface area contributed by atoms with Crippen molar-refractivity contribution in [1.29, 1.82) is 0 Å². The van der Waals surface area contributed by atoms with Crippen molar-refractivity contribution >= 4 is 23.4 Å². The van der Waals surface area contributed by atoms with E-state index >= 15 is 0 Å². The van der Waals surface area contributed by atoms with Crippen LogP contribution in [0.4, 0.5) is 11.4 Å². The predicted molar refractivity (Wildman–Crippen MR) is 117 cm³/mol. The molecule has 28 heavy (non-hydrogen) atoms. The van der Waals surface area contributed by atoms with Gasteiger partial charge in [0, 0.05) is 18.7 Å². The maximum Gasteiger partial charge on any atom is 0.255 e. The zero-order chi connectivity index (χ0) is 19.8. The second kappa shape index (κ2) is 9.53. The summed E-state index contributed by atoms with van der Waals surface area (Å²) in [6.07, 6.45) is 4.20. The van der Waals surface area contributed by atoms with Crippen molar-refractivity contribution < 1.29 is 4.79 Å². The van der Waals surface area contributed by atoms with E-state index in [4.69, 9.17) is 5.73 Å². The van der Waals surface area contributed by atoms with Gasteiger partial charge in [0.2, 0.25) is 0 Å². The minimum Gasteiger partial charge on any atom is -0.397 e. The van der Waals surface area contributed by atoms with Crippen LogP contribution in [-0.2, 0) is 6.54 Å². The zero-order valence-corrected chi connectivity index (χ0v) is 16.0. The maximum absolute atomic E-state index is 12.4. The Hall–Kier alpha value is -3.37. The molecule has 4 nitrogen and oxygen atoms in total. The van der Waals surface area contributed by atoms with E-state index in [9.17, 15) is 4.79 Å². The number of nitrogen functional groups attached to an aromatic ring is 1. The van der Waals surface area contributed by atoms with Gasteiger partial charge in [-0.2, -0.15) is 0 Å². The fourth-order valence-corrected chi connectivity index (χ4v) is 2.88. The van der Waals surface area contributed by atoms with Crippen LogP contribution in [0.2, 0.25) is 0 Å². The molecule has 142 valence electrons. The van der Waals surface area contributed by atoms with Gasteiger partial charge in [-0.3, -0.25) is 9.69 Å². The van der Waals surface area contributed by atoms with Gasteiger partial charge in [-0.25, -0.2) is 0 Å². The van der Waals surface area contributed by atoms with Gasteiger partial charge >= 0.3 is 0 Å². The normalized spacial score (nSPS) is 11.1. The molecule has 0 radical (unpaired) electrons. The number of nitrogens with one attached hydrogen (secondary N) is 1. The van der Waals surface area contributed by atoms with E-state index in [-0.39, 0.29) is 5.91 Å². The highest BCUT2D eigenvalue weighted by molar-refractivity contribution is 6.05. The summed E-state index contributed by atoms with van der Waals surface area (Å²) in [5.74, 6) is -0.170. The van der Waals surface area contributed by atoms with Crippen LogP contribution in [0.5, 0.6) is 0 Å². The molecule has 3 aromatic rings. The van der Waals surface area contributed by atoms with Crippen LogP contribution in [0.25, 0.3) is 6.08 Å². The molecule has 3 N–H and O–H groups in total. The van der Waals surface area contributed by atoms with Crippen molar-refractivity contribution in [3.63, 3.8) is 0 Å². The second-order valence-corrected chi connectivity index (χ2v) is 6.75. The van der Waals surface area contributed by atoms with Gasteiger partial charge in [0.25, 0.3) is 5.91 Å². The number of nitrogens with zero attached hydrogens (tertiary/aromatic N) is 1. The van der Waals surface area contributed by atoms with Crippen LogP contribution in [0.3, 0.4) is 0 Å². The average Bonchev–Trinajstić information content (AvgIpc) is 2.71. The van der Waals surface area contributed by atoms with Gasteiger partial charge in [-0.1, -0.05) is 66.7 Å². The monoisotopic (exact) mass is 371 g/mol. The average molecular weight is 371 g/mol. The van der Waals surface area contributed by atoms with Gasteiger partial charge in [0.1, 0.15) is 0 Å². The number of likely N-dealkylation sites (N-methyl/N-ethyl adjacent to an activating group) is 1. The van der Waals surface area contributed by atoms with E-state index in [0.29, 0.717) is 16.9 Å². The summed E-state index contributed by atoms with van der Waals surface area (Å²) < 4.78 is 0. The second-order valence-electron chi connectivity index (χ2n) is 6.75. The molecule has 0 aliphatic heterocycles. The third-order valence-electron chi connectivity index (χ3n) is 4.40. The number of carbonyl (C=O) groups excluding carboxylic acids is 1. The Bertz CT molecular complexity index is 934. The molecule has 0 saturated heterocycles. The Kier molecular flexibility index (Phi) is 6.60. The number of nitrogens with two attached hydrogens (primary N) is 1. The molecule has 0 aliphatic carbocycles. The minimum atomic E-state index is -0.170. The Morgan fingerprint density at radius 3 is 2.36 bits per heavy atom. The van der Waals surface area contributed by atoms with Crippen molar-refractivity contribution in [2.45, 2.75) is 6.54 Å². The lowest BCUT2D eigenvalue weighted by Gasteiger charge is -2.14. The third kappa shape index (κ3) is 5.56. The molecular formula is C24H25N3O. The molecule has 0 atom stereocenters. The molecule has 0 saturated carbocycles. The maximum atomic E-state index is 12.4. The topological polar surface area (TPSA) is 58.4 Å². The lowest BCUT2D eigenvalue weighted by atomic mass is 10.1. The van der Waals surface area contributed by atoms with Crippen molar-refractivity contribution in [3.8, 4) is 0 Å². The predicted octanol–water partition coefficient (Wildman–Crippen LogP) is 4.67. The van der Waals surface area contributed by atoms with Crippen LogP contribution < -0.4 is 11.1 Å². The smallest absolute Gasteiger partial charge is 0.255 e. The van der Waals surface area contributed by atoms with E-state index < -0.39 is 0 Å². The number of amides is 1. The zero-order valence-electron chi connectivity index (χ0n) is 16.0. The summed E-state index contributed by atoms with van der Waals surface area (Å²) in [6, 6.07) is 25.2. The van der Waals surface area contributed by atoms with Gasteiger partial charge in [0.15, 0.2) is 0 Å². The number of para-hydroxylation sites is 2. The lowest BCUT2D eigenvalue weighted by Crippen LogP contribution is -2.17. The minimum absolute atomic E-state index is 0.170. The number of anilines is 2. The van der Waals surface area contributed by atoms with Crippen LogP contribution >= 0.6 is 0 Å². The van der Waals surface area contributed by atoms with E-state index in [1.165, 1.54) is 5.56 Å². The van der Waals surface area contributed by atoms with E-state index in [0.717, 1.165) is 18.7 Å². The number of benzene rings is 3. The van der Waals surface area contributed by atoms with Gasteiger partial charge in [-0.05, 0) is 42.4 Å². The summed E-state index contributed by atoms with van der Waals surface area (Å²) in [5.41, 5.74) is 10.0. The first-order valence-electron chi connectivity index (χ1n) is 9.27. The van der Waals surface area contributed by atoms with Gasteiger partial charge < -0.3 is 11.1 Å². The number of hydrogen-bond donors (Lipinski definition) is 2. The molecule has 4 heteroatoms. The standard InChI is InChI=1S/C24H25N3O/c1-27(18-20-8-3-2-4-9-20)17-7-10-19-13-15-21(16-14-19)24(28)26-23-12-6-5-11-22(23)25/h2-16H,17-18,25H2,1H3,(H,26,28)/b10-7+. The molecule has 3 rings (SSSR count). The Morgan fingerprint density at radius 2 is 1.64 bits per heavy atom. The van der Waals surface area contributed by atoms with Crippen LogP contribution in [0.1, 0.15) is 21.5 Å². The summed E-state index contributed by atoms with van der Waals surface area (Å²) in [5, 5.41) is 2.84. The van der Waals surface area contributed by atoms with Gasteiger partial charge in [0.05, 0.1) is 11.4 Å². The highest BCUT2D eigenvalue weighted by Gasteiger charge is 2.07. The first-order chi connectivity index (χ1) is 13.6. The lowest BCUT2D eigenvalue weighted by molar-refractivity contribution is 0.102. The highest BCUT2D eigenvalue weighted by atomic mass is 16.1. The van der Waals surface area contributed by atoms with E-state index in [1.807, 2.05) is 42.5 Å². The summed E-state index contributed by atoms with van der Waals surface area (Å²) in [7, 11) is 2.10. The van der Waals surface area contributed by atoms with Crippen molar-refractivity contribution in [2.75, 3.05) is 24.6 Å². The fourth-order valence-electron chi connectivity index (χ4n) is 2.88. The molecule has 1 amide bonds. The van der Waals surface area contributed by atoms with Crippen molar-refractivity contribution in [3.05, 3.63) is 102 Å². The highest BCUT2D eigenvalue weighted by Crippen LogP contribution is 2.18. The molecule has 3 aromatic carbocycles. The van der Waals surface area contributed by atoms with Crippen LogP contribution in [-0.4, -0.2) is 24.4 Å². The Morgan fingerprint density at radius 1 is 0.964 bits per heavy atom. The number of carbonyl (C=O) groups is 1. The quantitative estimate of drug-likeness (QED) is 0.594. The molecule has 0 unspecified atom stereocenters. The summed E-state index contributed by atoms with van der Waals surface area (Å²) >= 11 is 0. The number of hydrogen-bond acceptors (Lipinski definition) is 3. The first-order valence-corrected chi connectivity index (χ1v) is 9.27. The van der Waals surface area contributed by atoms with E-state index in [1.54, 1.807) is 12.1 Å². The van der Waals surface area contributed by atoms with E-state index in [2.05, 4.69) is 53.7 Å². The number of rotatable bonds is 7. The molecule has 0 spiro atoms. The molecule has 0 aliphatic rings. The first kappa shape index (κ1) is 19.4. The van der Waals surface area contributed by atoms with Gasteiger partial charge in [-0.15, -0.1) is 0 Å². The fraction of sp³-hybridized carbons (Fsp3) is 0.125. The molecule has 0 bridgehead atoms. The Balaban J connectivity index is 1.53. The molecular weight excluding hydrogens is 346 g/mol. The SMILES string of the molecule is CN(C/C=C/c1ccc(C(=O)Nc2ccccc2N)cc1)Cc1ccccc1. The van der Waals surface area contributed by atoms with Crippen molar-refractivity contribution in [2.24, 2.45) is 0 Å². The third-order valence-corrected chi connectivity index (χ3v) is 4.40. The molecule has 0 heterocycles. The van der Waals surface area contributed by atoms with Crippen LogP contribution in [0, 0.1) is 0 Å². The van der Waals surface area contributed by atoms with Crippen molar-refractivity contribution in [1.82, 2.24) is 4.90 Å².